The van der Waals surface area contributed by atoms with Gasteiger partial charge in [0, 0.05) is 10.6 Å². The molecule has 0 spiro atoms. The number of hydrogen-bond acceptors (Lipinski definition) is 2. The fraction of sp³-hybridized carbons (Fsp3) is 0.0714. The lowest BCUT2D eigenvalue weighted by molar-refractivity contribution is 0.306. The monoisotopic (exact) mass is 311 g/mol. The van der Waals surface area contributed by atoms with Crippen molar-refractivity contribution < 1.29 is 4.74 Å². The van der Waals surface area contributed by atoms with Gasteiger partial charge in [-0.15, -0.1) is 0 Å². The summed E-state index contributed by atoms with van der Waals surface area (Å²) in [6.45, 7) is 0.255. The molecule has 0 saturated carbocycles. The Morgan fingerprint density at radius 2 is 1.84 bits per heavy atom. The summed E-state index contributed by atoms with van der Waals surface area (Å²) in [6, 6.07) is 12.2. The summed E-state index contributed by atoms with van der Waals surface area (Å²) in [4.78, 5) is 0. The Balaban J connectivity index is 2.15. The molecular weight excluding hydrogens is 305 g/mol. The van der Waals surface area contributed by atoms with Gasteiger partial charge in [0.25, 0.3) is 0 Å². The second-order valence-corrected chi connectivity index (χ2v) is 4.95. The molecule has 0 aromatic heterocycles. The molecule has 0 amide bonds. The number of benzene rings is 2. The van der Waals surface area contributed by atoms with Crippen LogP contribution < -0.4 is 4.74 Å². The second-order valence-electron chi connectivity index (χ2n) is 3.76. The van der Waals surface area contributed by atoms with E-state index < -0.39 is 0 Å². The third kappa shape index (κ3) is 3.33. The average Bonchev–Trinajstić information content (AvgIpc) is 2.41. The van der Waals surface area contributed by atoms with Gasteiger partial charge in [-0.1, -0.05) is 46.9 Å². The SMILES string of the molecule is N#Cc1ccc(COc2cccc(Cl)c2Cl)c(Cl)c1. The molecule has 0 heterocycles. The van der Waals surface area contributed by atoms with Gasteiger partial charge in [0.1, 0.15) is 17.4 Å². The fourth-order valence-corrected chi connectivity index (χ4v) is 2.07. The molecule has 0 unspecified atom stereocenters. The number of nitrogens with zero attached hydrogens (tertiary/aromatic N) is 1. The first-order valence-electron chi connectivity index (χ1n) is 5.37. The van der Waals surface area contributed by atoms with E-state index in [1.165, 1.54) is 0 Å². The zero-order valence-corrected chi connectivity index (χ0v) is 11.9. The molecule has 2 nitrogen and oxygen atoms in total. The van der Waals surface area contributed by atoms with Gasteiger partial charge in [-0.2, -0.15) is 5.26 Å². The molecule has 0 bridgehead atoms. The smallest absolute Gasteiger partial charge is 0.139 e. The van der Waals surface area contributed by atoms with Crippen molar-refractivity contribution in [3.05, 3.63) is 62.6 Å². The van der Waals surface area contributed by atoms with Crippen LogP contribution >= 0.6 is 34.8 Å². The van der Waals surface area contributed by atoms with Crippen molar-refractivity contribution >= 4 is 34.8 Å². The molecule has 0 aliphatic rings. The largest absolute Gasteiger partial charge is 0.487 e. The summed E-state index contributed by atoms with van der Waals surface area (Å²) in [5, 5.41) is 10.0. The summed E-state index contributed by atoms with van der Waals surface area (Å²) in [7, 11) is 0. The van der Waals surface area contributed by atoms with E-state index >= 15 is 0 Å². The predicted octanol–water partition coefficient (Wildman–Crippen LogP) is 5.10. The molecule has 96 valence electrons. The van der Waals surface area contributed by atoms with Gasteiger partial charge < -0.3 is 4.74 Å². The molecule has 2 aromatic rings. The Labute approximate surface area is 126 Å². The normalized spacial score (nSPS) is 10.0. The third-order valence-corrected chi connectivity index (χ3v) is 3.63. The van der Waals surface area contributed by atoms with Crippen LogP contribution in [0, 0.1) is 11.3 Å². The van der Waals surface area contributed by atoms with Crippen LogP contribution in [0.15, 0.2) is 36.4 Å². The molecule has 0 atom stereocenters. The van der Waals surface area contributed by atoms with E-state index in [0.29, 0.717) is 26.4 Å². The van der Waals surface area contributed by atoms with E-state index in [4.69, 9.17) is 44.8 Å². The number of nitriles is 1. The van der Waals surface area contributed by atoms with Crippen LogP contribution in [-0.4, -0.2) is 0 Å². The lowest BCUT2D eigenvalue weighted by atomic mass is 10.1. The van der Waals surface area contributed by atoms with Crippen LogP contribution in [0.4, 0.5) is 0 Å². The minimum absolute atomic E-state index is 0.255. The van der Waals surface area contributed by atoms with Crippen molar-refractivity contribution in [1.29, 1.82) is 5.26 Å². The predicted molar refractivity (Wildman–Crippen MR) is 77.0 cm³/mol. The number of rotatable bonds is 3. The minimum Gasteiger partial charge on any atom is -0.487 e. The first kappa shape index (κ1) is 14.0. The van der Waals surface area contributed by atoms with Crippen LogP contribution in [0.1, 0.15) is 11.1 Å². The molecule has 5 heteroatoms. The lowest BCUT2D eigenvalue weighted by Crippen LogP contribution is -1.97. The maximum Gasteiger partial charge on any atom is 0.139 e. The summed E-state index contributed by atoms with van der Waals surface area (Å²) in [5.41, 5.74) is 1.28. The molecule has 0 aliphatic carbocycles. The molecule has 0 saturated heterocycles. The van der Waals surface area contributed by atoms with Crippen molar-refractivity contribution in [1.82, 2.24) is 0 Å². The Bertz CT molecular complexity index is 650. The van der Waals surface area contributed by atoms with E-state index in [2.05, 4.69) is 0 Å². The highest BCUT2D eigenvalue weighted by Crippen LogP contribution is 2.32. The van der Waals surface area contributed by atoms with Crippen molar-refractivity contribution in [2.45, 2.75) is 6.61 Å². The number of ether oxygens (including phenoxy) is 1. The Morgan fingerprint density at radius 1 is 1.05 bits per heavy atom. The molecule has 2 aromatic carbocycles. The van der Waals surface area contributed by atoms with Gasteiger partial charge in [0.2, 0.25) is 0 Å². The first-order chi connectivity index (χ1) is 9.11. The first-order valence-corrected chi connectivity index (χ1v) is 6.50. The van der Waals surface area contributed by atoms with Crippen molar-refractivity contribution in [2.24, 2.45) is 0 Å². The van der Waals surface area contributed by atoms with Crippen LogP contribution in [0.3, 0.4) is 0 Å². The minimum atomic E-state index is 0.255. The summed E-state index contributed by atoms with van der Waals surface area (Å²) in [5.74, 6) is 0.495. The molecule has 0 aliphatic heterocycles. The number of halogens is 3. The quantitative estimate of drug-likeness (QED) is 0.790. The molecule has 2 rings (SSSR count). The van der Waals surface area contributed by atoms with Gasteiger partial charge in [-0.05, 0) is 24.3 Å². The van der Waals surface area contributed by atoms with E-state index in [0.717, 1.165) is 5.56 Å². The van der Waals surface area contributed by atoms with Crippen LogP contribution in [0.2, 0.25) is 15.1 Å². The number of hydrogen-bond donors (Lipinski definition) is 0. The Morgan fingerprint density at radius 3 is 2.53 bits per heavy atom. The van der Waals surface area contributed by atoms with Gasteiger partial charge >= 0.3 is 0 Å². The lowest BCUT2D eigenvalue weighted by Gasteiger charge is -2.10. The Hall–Kier alpha value is -1.40. The topological polar surface area (TPSA) is 33.0 Å². The zero-order valence-electron chi connectivity index (χ0n) is 9.66. The Kier molecular flexibility index (Phi) is 4.55. The van der Waals surface area contributed by atoms with Gasteiger partial charge in [-0.25, -0.2) is 0 Å². The van der Waals surface area contributed by atoms with E-state index in [-0.39, 0.29) is 6.61 Å². The molecule has 0 radical (unpaired) electrons. The average molecular weight is 313 g/mol. The van der Waals surface area contributed by atoms with E-state index in [9.17, 15) is 0 Å². The van der Waals surface area contributed by atoms with Crippen LogP contribution in [-0.2, 0) is 6.61 Å². The molecule has 19 heavy (non-hydrogen) atoms. The highest BCUT2D eigenvalue weighted by molar-refractivity contribution is 6.42. The zero-order chi connectivity index (χ0) is 13.8. The van der Waals surface area contributed by atoms with Crippen molar-refractivity contribution in [3.63, 3.8) is 0 Å². The highest BCUT2D eigenvalue weighted by Gasteiger charge is 2.07. The molecular formula is C14H8Cl3NO. The summed E-state index contributed by atoms with van der Waals surface area (Å²) < 4.78 is 5.57. The van der Waals surface area contributed by atoms with Crippen LogP contribution in [0.25, 0.3) is 0 Å². The van der Waals surface area contributed by atoms with E-state index in [1.54, 1.807) is 36.4 Å². The van der Waals surface area contributed by atoms with Crippen LogP contribution in [0.5, 0.6) is 5.75 Å². The fourth-order valence-electron chi connectivity index (χ4n) is 1.48. The second kappa shape index (κ2) is 6.16. The summed E-state index contributed by atoms with van der Waals surface area (Å²) in [6.07, 6.45) is 0. The standard InChI is InChI=1S/C14H8Cl3NO/c15-11-2-1-3-13(14(11)17)19-8-10-5-4-9(7-18)6-12(10)16/h1-6H,8H2. The highest BCUT2D eigenvalue weighted by atomic mass is 35.5. The molecule has 0 fully saturated rings. The van der Waals surface area contributed by atoms with Gasteiger partial charge in [0.15, 0.2) is 0 Å². The van der Waals surface area contributed by atoms with Gasteiger partial charge in [0.05, 0.1) is 16.7 Å². The maximum atomic E-state index is 8.76. The summed E-state index contributed by atoms with van der Waals surface area (Å²) >= 11 is 18.0. The third-order valence-electron chi connectivity index (χ3n) is 2.48. The maximum absolute atomic E-state index is 8.76. The van der Waals surface area contributed by atoms with Crippen molar-refractivity contribution in [2.75, 3.05) is 0 Å². The van der Waals surface area contributed by atoms with E-state index in [1.807, 2.05) is 6.07 Å². The molecule has 0 N–H and O–H groups in total. The van der Waals surface area contributed by atoms with Gasteiger partial charge in [-0.3, -0.25) is 0 Å². The van der Waals surface area contributed by atoms with Crippen molar-refractivity contribution in [3.8, 4) is 11.8 Å².